The second-order valence-corrected chi connectivity index (χ2v) is 6.11. The van der Waals surface area contributed by atoms with Gasteiger partial charge in [0.25, 0.3) is 0 Å². The Balaban J connectivity index is 0.00000180. The van der Waals surface area contributed by atoms with Crippen molar-refractivity contribution in [3.05, 3.63) is 33.8 Å². The molecule has 0 amide bonds. The van der Waals surface area contributed by atoms with Crippen molar-refractivity contribution in [1.82, 2.24) is 4.90 Å². The molecule has 1 saturated heterocycles. The van der Waals surface area contributed by atoms with E-state index in [2.05, 4.69) is 18.7 Å². The molecule has 1 aliphatic heterocycles. The number of nitrogens with two attached hydrogens (primary N) is 1. The predicted molar refractivity (Wildman–Crippen MR) is 85.5 cm³/mol. The summed E-state index contributed by atoms with van der Waals surface area (Å²) in [6.07, 6.45) is 1.05. The number of hydrogen-bond donors (Lipinski definition) is 1. The zero-order valence-electron chi connectivity index (χ0n) is 11.3. The SMILES string of the molecule is CC1CN(C(C)c2ccc(Cl)cc2Cl)CCC1N.Cl. The molecular formula is C14H21Cl3N2. The van der Waals surface area contributed by atoms with Crippen molar-refractivity contribution < 1.29 is 0 Å². The Morgan fingerprint density at radius 1 is 1.37 bits per heavy atom. The number of halogens is 3. The predicted octanol–water partition coefficient (Wildman–Crippen LogP) is 4.15. The molecule has 1 fully saturated rings. The molecule has 1 aromatic carbocycles. The number of nitrogens with zero attached hydrogens (tertiary/aromatic N) is 1. The molecule has 0 saturated carbocycles. The van der Waals surface area contributed by atoms with Crippen molar-refractivity contribution in [3.8, 4) is 0 Å². The van der Waals surface area contributed by atoms with Gasteiger partial charge >= 0.3 is 0 Å². The third-order valence-electron chi connectivity index (χ3n) is 3.96. The molecule has 0 bridgehead atoms. The van der Waals surface area contributed by atoms with Crippen LogP contribution in [0.4, 0.5) is 0 Å². The zero-order valence-corrected chi connectivity index (χ0v) is 13.6. The van der Waals surface area contributed by atoms with E-state index in [0.29, 0.717) is 23.0 Å². The first-order valence-electron chi connectivity index (χ1n) is 6.43. The van der Waals surface area contributed by atoms with Gasteiger partial charge in [0.2, 0.25) is 0 Å². The van der Waals surface area contributed by atoms with Gasteiger partial charge in [-0.3, -0.25) is 4.90 Å². The van der Waals surface area contributed by atoms with Gasteiger partial charge in [-0.05, 0) is 37.0 Å². The van der Waals surface area contributed by atoms with Crippen molar-refractivity contribution in [1.29, 1.82) is 0 Å². The summed E-state index contributed by atoms with van der Waals surface area (Å²) in [7, 11) is 0. The summed E-state index contributed by atoms with van der Waals surface area (Å²) in [6, 6.07) is 6.37. The number of rotatable bonds is 2. The molecule has 2 rings (SSSR count). The highest BCUT2D eigenvalue weighted by Gasteiger charge is 2.27. The van der Waals surface area contributed by atoms with Crippen molar-refractivity contribution in [3.63, 3.8) is 0 Å². The summed E-state index contributed by atoms with van der Waals surface area (Å²) in [5.74, 6) is 0.535. The monoisotopic (exact) mass is 322 g/mol. The van der Waals surface area contributed by atoms with Gasteiger partial charge in [0, 0.05) is 35.2 Å². The fourth-order valence-corrected chi connectivity index (χ4v) is 3.15. The fourth-order valence-electron chi connectivity index (χ4n) is 2.58. The minimum Gasteiger partial charge on any atom is -0.327 e. The van der Waals surface area contributed by atoms with Crippen LogP contribution in [0.25, 0.3) is 0 Å². The highest BCUT2D eigenvalue weighted by molar-refractivity contribution is 6.35. The highest BCUT2D eigenvalue weighted by atomic mass is 35.5. The summed E-state index contributed by atoms with van der Waals surface area (Å²) in [5, 5.41) is 1.43. The van der Waals surface area contributed by atoms with E-state index in [9.17, 15) is 0 Å². The van der Waals surface area contributed by atoms with Gasteiger partial charge in [-0.2, -0.15) is 0 Å². The van der Waals surface area contributed by atoms with Gasteiger partial charge in [0.05, 0.1) is 0 Å². The molecule has 2 nitrogen and oxygen atoms in total. The van der Waals surface area contributed by atoms with E-state index >= 15 is 0 Å². The second-order valence-electron chi connectivity index (χ2n) is 5.27. The first-order chi connectivity index (χ1) is 8.49. The van der Waals surface area contributed by atoms with Crippen LogP contribution in [-0.2, 0) is 0 Å². The van der Waals surface area contributed by atoms with E-state index in [1.807, 2.05) is 18.2 Å². The lowest BCUT2D eigenvalue weighted by Crippen LogP contribution is -2.46. The lowest BCUT2D eigenvalue weighted by molar-refractivity contribution is 0.124. The van der Waals surface area contributed by atoms with Crippen LogP contribution >= 0.6 is 35.6 Å². The Kier molecular flexibility index (Phi) is 6.41. The maximum absolute atomic E-state index is 6.27. The second kappa shape index (κ2) is 7.14. The summed E-state index contributed by atoms with van der Waals surface area (Å²) >= 11 is 12.2. The number of piperidine rings is 1. The van der Waals surface area contributed by atoms with E-state index in [1.165, 1.54) is 0 Å². The van der Waals surface area contributed by atoms with Gasteiger partial charge < -0.3 is 5.73 Å². The van der Waals surface area contributed by atoms with E-state index in [0.717, 1.165) is 30.1 Å². The summed E-state index contributed by atoms with van der Waals surface area (Å²) in [4.78, 5) is 2.45. The maximum atomic E-state index is 6.27. The first kappa shape index (κ1) is 17.1. The van der Waals surface area contributed by atoms with E-state index in [-0.39, 0.29) is 12.4 Å². The van der Waals surface area contributed by atoms with Crippen LogP contribution in [0.1, 0.15) is 31.9 Å². The van der Waals surface area contributed by atoms with Gasteiger partial charge in [-0.1, -0.05) is 36.2 Å². The molecule has 0 spiro atoms. The van der Waals surface area contributed by atoms with E-state index in [1.54, 1.807) is 0 Å². The smallest absolute Gasteiger partial charge is 0.0468 e. The zero-order chi connectivity index (χ0) is 13.3. The molecule has 1 heterocycles. The van der Waals surface area contributed by atoms with Crippen molar-refractivity contribution in [2.24, 2.45) is 11.7 Å². The van der Waals surface area contributed by atoms with Crippen LogP contribution in [0, 0.1) is 5.92 Å². The normalized spacial score (nSPS) is 25.7. The molecule has 2 N–H and O–H groups in total. The first-order valence-corrected chi connectivity index (χ1v) is 7.19. The minimum absolute atomic E-state index is 0. The Labute approximate surface area is 131 Å². The van der Waals surface area contributed by atoms with Crippen molar-refractivity contribution in [2.45, 2.75) is 32.4 Å². The molecular weight excluding hydrogens is 303 g/mol. The third-order valence-corrected chi connectivity index (χ3v) is 4.53. The maximum Gasteiger partial charge on any atom is 0.0468 e. The van der Waals surface area contributed by atoms with Crippen LogP contribution in [0.2, 0.25) is 10.0 Å². The molecule has 3 atom stereocenters. The standard InChI is InChI=1S/C14H20Cl2N2.ClH/c1-9-8-18(6-5-14(9)17)10(2)12-4-3-11(15)7-13(12)16;/h3-4,7,9-10,14H,5-6,8,17H2,1-2H3;1H. The van der Waals surface area contributed by atoms with Crippen LogP contribution in [0.15, 0.2) is 18.2 Å². The molecule has 1 aromatic rings. The largest absolute Gasteiger partial charge is 0.327 e. The molecule has 0 radical (unpaired) electrons. The molecule has 1 aliphatic rings. The van der Waals surface area contributed by atoms with E-state index < -0.39 is 0 Å². The molecule has 5 heteroatoms. The Morgan fingerprint density at radius 3 is 2.63 bits per heavy atom. The average Bonchev–Trinajstić information content (AvgIpc) is 2.32. The number of benzene rings is 1. The summed E-state index contributed by atoms with van der Waals surface area (Å²) in [6.45, 7) is 6.47. The van der Waals surface area contributed by atoms with Gasteiger partial charge in [0.15, 0.2) is 0 Å². The van der Waals surface area contributed by atoms with Gasteiger partial charge in [-0.25, -0.2) is 0 Å². The van der Waals surface area contributed by atoms with Gasteiger partial charge in [0.1, 0.15) is 0 Å². The minimum atomic E-state index is 0. The lowest BCUT2D eigenvalue weighted by Gasteiger charge is -2.39. The van der Waals surface area contributed by atoms with Crippen LogP contribution in [0.3, 0.4) is 0 Å². The molecule has 108 valence electrons. The van der Waals surface area contributed by atoms with Crippen LogP contribution < -0.4 is 5.73 Å². The lowest BCUT2D eigenvalue weighted by atomic mass is 9.92. The quantitative estimate of drug-likeness (QED) is 0.886. The third kappa shape index (κ3) is 3.99. The van der Waals surface area contributed by atoms with E-state index in [4.69, 9.17) is 28.9 Å². The molecule has 3 unspecified atom stereocenters. The van der Waals surface area contributed by atoms with Crippen LogP contribution in [0.5, 0.6) is 0 Å². The molecule has 0 aromatic heterocycles. The number of likely N-dealkylation sites (tertiary alicyclic amines) is 1. The highest BCUT2D eigenvalue weighted by Crippen LogP contribution is 2.31. The van der Waals surface area contributed by atoms with Gasteiger partial charge in [-0.15, -0.1) is 12.4 Å². The average molecular weight is 324 g/mol. The summed E-state index contributed by atoms with van der Waals surface area (Å²) < 4.78 is 0. The fraction of sp³-hybridized carbons (Fsp3) is 0.571. The van der Waals surface area contributed by atoms with Crippen LogP contribution in [-0.4, -0.2) is 24.0 Å². The molecule has 19 heavy (non-hydrogen) atoms. The molecule has 0 aliphatic carbocycles. The Hall–Kier alpha value is 0.01000. The van der Waals surface area contributed by atoms with Crippen molar-refractivity contribution in [2.75, 3.05) is 13.1 Å². The topological polar surface area (TPSA) is 29.3 Å². The van der Waals surface area contributed by atoms with Crippen molar-refractivity contribution >= 4 is 35.6 Å². The number of hydrogen-bond acceptors (Lipinski definition) is 2. The summed E-state index contributed by atoms with van der Waals surface area (Å²) in [5.41, 5.74) is 7.20. The Morgan fingerprint density at radius 2 is 2.05 bits per heavy atom. The Bertz CT molecular complexity index is 425.